The van der Waals surface area contributed by atoms with E-state index >= 15 is 0 Å². The predicted molar refractivity (Wildman–Crippen MR) is 101 cm³/mol. The molecule has 0 saturated carbocycles. The molecule has 0 saturated heterocycles. The fraction of sp³-hybridized carbons (Fsp3) is 0.211. The second-order valence-electron chi connectivity index (χ2n) is 6.05. The molecule has 1 N–H and O–H groups in total. The second kappa shape index (κ2) is 8.00. The number of carbonyl (C=O) groups excluding carboxylic acids is 1. The molecule has 0 fully saturated rings. The van der Waals surface area contributed by atoms with Gasteiger partial charge in [0.15, 0.2) is 0 Å². The van der Waals surface area contributed by atoms with Crippen molar-refractivity contribution in [3.05, 3.63) is 76.3 Å². The lowest BCUT2D eigenvalue weighted by Gasteiger charge is -2.09. The van der Waals surface area contributed by atoms with Crippen LogP contribution in [-0.4, -0.2) is 35.1 Å². The third-order valence-electron chi connectivity index (χ3n) is 3.60. The Labute approximate surface area is 151 Å². The molecule has 0 atom stereocenters. The van der Waals surface area contributed by atoms with Crippen LogP contribution in [0.2, 0.25) is 0 Å². The van der Waals surface area contributed by atoms with Crippen LogP contribution in [0.25, 0.3) is 0 Å². The van der Waals surface area contributed by atoms with E-state index < -0.39 is 0 Å². The zero-order valence-electron chi connectivity index (χ0n) is 14.3. The fourth-order valence-corrected chi connectivity index (χ4v) is 3.21. The van der Waals surface area contributed by atoms with Gasteiger partial charge in [0, 0.05) is 18.5 Å². The second-order valence-corrected chi connectivity index (χ2v) is 7.11. The molecule has 5 nitrogen and oxygen atoms in total. The maximum Gasteiger partial charge on any atom is 0.257 e. The molecule has 0 aliphatic heterocycles. The quantitative estimate of drug-likeness (QED) is 0.738. The Morgan fingerprint density at radius 3 is 2.40 bits per heavy atom. The van der Waals surface area contributed by atoms with Gasteiger partial charge >= 0.3 is 0 Å². The molecule has 0 radical (unpaired) electrons. The van der Waals surface area contributed by atoms with E-state index in [1.54, 1.807) is 0 Å². The molecule has 6 heteroatoms. The van der Waals surface area contributed by atoms with Crippen molar-refractivity contribution in [2.24, 2.45) is 0 Å². The largest absolute Gasteiger partial charge is 0.305 e. The van der Waals surface area contributed by atoms with Crippen LogP contribution in [0.15, 0.2) is 54.6 Å². The maximum atomic E-state index is 12.3. The summed E-state index contributed by atoms with van der Waals surface area (Å²) in [4.78, 5) is 14.4. The van der Waals surface area contributed by atoms with E-state index in [-0.39, 0.29) is 5.91 Å². The summed E-state index contributed by atoms with van der Waals surface area (Å²) >= 11 is 1.40. The normalized spacial score (nSPS) is 10.8. The van der Waals surface area contributed by atoms with Crippen LogP contribution in [0.3, 0.4) is 0 Å². The summed E-state index contributed by atoms with van der Waals surface area (Å²) in [5, 5.41) is 12.4. The zero-order chi connectivity index (χ0) is 17.6. The van der Waals surface area contributed by atoms with E-state index in [2.05, 4.69) is 32.5 Å². The molecule has 1 heterocycles. The number of nitrogens with one attached hydrogen (secondary N) is 1. The number of hydrogen-bond acceptors (Lipinski definition) is 5. The van der Waals surface area contributed by atoms with Crippen LogP contribution in [0.1, 0.15) is 26.5 Å². The number of rotatable bonds is 6. The van der Waals surface area contributed by atoms with Crippen molar-refractivity contribution >= 4 is 22.4 Å². The molecule has 1 aromatic heterocycles. The molecule has 0 bridgehead atoms. The van der Waals surface area contributed by atoms with E-state index in [9.17, 15) is 4.79 Å². The summed E-state index contributed by atoms with van der Waals surface area (Å²) in [6.45, 7) is 0.848. The molecule has 0 spiro atoms. The van der Waals surface area contributed by atoms with Crippen molar-refractivity contribution in [3.63, 3.8) is 0 Å². The number of aromatic nitrogens is 2. The van der Waals surface area contributed by atoms with Crippen molar-refractivity contribution in [3.8, 4) is 0 Å². The number of benzene rings is 2. The van der Waals surface area contributed by atoms with Gasteiger partial charge in [-0.1, -0.05) is 53.8 Å². The maximum absolute atomic E-state index is 12.3. The van der Waals surface area contributed by atoms with Crippen molar-refractivity contribution in [1.82, 2.24) is 15.1 Å². The van der Waals surface area contributed by atoms with Crippen LogP contribution < -0.4 is 5.32 Å². The standard InChI is InChI=1S/C19H20N4OS/c1-23(2)13-15-8-10-16(11-9-15)18(24)20-19-22-21-17(25-19)12-14-6-4-3-5-7-14/h3-11H,12-13H2,1-2H3,(H,20,22,24). The summed E-state index contributed by atoms with van der Waals surface area (Å²) in [7, 11) is 4.03. The molecule has 128 valence electrons. The van der Waals surface area contributed by atoms with Gasteiger partial charge in [0.25, 0.3) is 5.91 Å². The van der Waals surface area contributed by atoms with Gasteiger partial charge in [-0.2, -0.15) is 0 Å². The minimum absolute atomic E-state index is 0.168. The van der Waals surface area contributed by atoms with Crippen LogP contribution in [0.4, 0.5) is 5.13 Å². The highest BCUT2D eigenvalue weighted by Crippen LogP contribution is 2.19. The molecule has 3 aromatic rings. The number of amides is 1. The molecule has 3 rings (SSSR count). The molecular formula is C19H20N4OS. The van der Waals surface area contributed by atoms with Gasteiger partial charge in [-0.15, -0.1) is 10.2 Å². The van der Waals surface area contributed by atoms with Gasteiger partial charge in [-0.05, 0) is 37.4 Å². The lowest BCUT2D eigenvalue weighted by Crippen LogP contribution is -2.13. The molecule has 25 heavy (non-hydrogen) atoms. The topological polar surface area (TPSA) is 58.1 Å². The number of carbonyl (C=O) groups is 1. The highest BCUT2D eigenvalue weighted by atomic mass is 32.1. The van der Waals surface area contributed by atoms with E-state index in [1.165, 1.54) is 22.5 Å². The zero-order valence-corrected chi connectivity index (χ0v) is 15.1. The van der Waals surface area contributed by atoms with Gasteiger partial charge < -0.3 is 4.90 Å². The molecular weight excluding hydrogens is 332 g/mol. The van der Waals surface area contributed by atoms with E-state index in [0.717, 1.165) is 11.6 Å². The van der Waals surface area contributed by atoms with Crippen molar-refractivity contribution in [2.75, 3.05) is 19.4 Å². The van der Waals surface area contributed by atoms with Gasteiger partial charge in [0.2, 0.25) is 5.13 Å². The summed E-state index contributed by atoms with van der Waals surface area (Å²) in [6.07, 6.45) is 0.716. The summed E-state index contributed by atoms with van der Waals surface area (Å²) in [6, 6.07) is 17.7. The number of nitrogens with zero attached hydrogens (tertiary/aromatic N) is 3. The van der Waals surface area contributed by atoms with Gasteiger partial charge in [0.05, 0.1) is 0 Å². The number of hydrogen-bond donors (Lipinski definition) is 1. The molecule has 2 aromatic carbocycles. The SMILES string of the molecule is CN(C)Cc1ccc(C(=O)Nc2nnc(Cc3ccccc3)s2)cc1. The van der Waals surface area contributed by atoms with Gasteiger partial charge in [-0.3, -0.25) is 10.1 Å². The highest BCUT2D eigenvalue weighted by Gasteiger charge is 2.11. The molecule has 0 unspecified atom stereocenters. The van der Waals surface area contributed by atoms with Crippen LogP contribution in [0, 0.1) is 0 Å². The first kappa shape index (κ1) is 17.3. The monoisotopic (exact) mass is 352 g/mol. The molecule has 1 amide bonds. The van der Waals surface area contributed by atoms with Crippen LogP contribution in [-0.2, 0) is 13.0 Å². The first-order chi connectivity index (χ1) is 12.1. The lowest BCUT2D eigenvalue weighted by molar-refractivity contribution is 0.102. The first-order valence-corrected chi connectivity index (χ1v) is 8.83. The Hall–Kier alpha value is -2.57. The van der Waals surface area contributed by atoms with E-state index in [4.69, 9.17) is 0 Å². The third kappa shape index (κ3) is 4.95. The molecule has 0 aliphatic carbocycles. The average Bonchev–Trinajstić information content (AvgIpc) is 3.02. The van der Waals surface area contributed by atoms with Crippen molar-refractivity contribution < 1.29 is 4.79 Å². The molecule has 0 aliphatic rings. The third-order valence-corrected chi connectivity index (χ3v) is 4.44. The van der Waals surface area contributed by atoms with Crippen molar-refractivity contribution in [2.45, 2.75) is 13.0 Å². The van der Waals surface area contributed by atoms with Crippen LogP contribution >= 0.6 is 11.3 Å². The first-order valence-electron chi connectivity index (χ1n) is 8.01. The van der Waals surface area contributed by atoms with Crippen LogP contribution in [0.5, 0.6) is 0 Å². The van der Waals surface area contributed by atoms with E-state index in [1.807, 2.05) is 56.6 Å². The Balaban J connectivity index is 1.61. The Morgan fingerprint density at radius 1 is 1.00 bits per heavy atom. The van der Waals surface area contributed by atoms with Gasteiger partial charge in [-0.25, -0.2) is 0 Å². The Morgan fingerprint density at radius 2 is 1.72 bits per heavy atom. The minimum atomic E-state index is -0.168. The van der Waals surface area contributed by atoms with Gasteiger partial charge in [0.1, 0.15) is 5.01 Å². The predicted octanol–water partition coefficient (Wildman–Crippen LogP) is 3.44. The summed E-state index contributed by atoms with van der Waals surface area (Å²) < 4.78 is 0. The summed E-state index contributed by atoms with van der Waals surface area (Å²) in [5.74, 6) is -0.168. The lowest BCUT2D eigenvalue weighted by atomic mass is 10.1. The van der Waals surface area contributed by atoms with Crippen molar-refractivity contribution in [1.29, 1.82) is 0 Å². The van der Waals surface area contributed by atoms with E-state index in [0.29, 0.717) is 17.1 Å². The Kier molecular flexibility index (Phi) is 5.53. The minimum Gasteiger partial charge on any atom is -0.305 e. The smallest absolute Gasteiger partial charge is 0.257 e. The summed E-state index contributed by atoms with van der Waals surface area (Å²) in [5.41, 5.74) is 2.96. The Bertz CT molecular complexity index is 828. The fourth-order valence-electron chi connectivity index (χ4n) is 2.44. The average molecular weight is 352 g/mol. The highest BCUT2D eigenvalue weighted by molar-refractivity contribution is 7.15. The number of anilines is 1.